The van der Waals surface area contributed by atoms with Crippen molar-refractivity contribution >= 4 is 0 Å². The first kappa shape index (κ1) is 7.07. The molecule has 0 spiro atoms. The van der Waals surface area contributed by atoms with Crippen molar-refractivity contribution in [3.63, 3.8) is 0 Å². The second-order valence-corrected chi connectivity index (χ2v) is 3.19. The Morgan fingerprint density at radius 3 is 2.44 bits per heavy atom. The monoisotopic (exact) mass is 125 g/mol. The Kier molecular flexibility index (Phi) is 2.12. The van der Waals surface area contributed by atoms with Crippen LogP contribution in [-0.2, 0) is 0 Å². The highest BCUT2D eigenvalue weighted by atomic mass is 15.1. The van der Waals surface area contributed by atoms with E-state index in [1.807, 2.05) is 0 Å². The molecular formula is C8H15N. The molecule has 1 atom stereocenters. The minimum absolute atomic E-state index is 0.718. The summed E-state index contributed by atoms with van der Waals surface area (Å²) >= 11 is 0. The molecular weight excluding hydrogens is 110 g/mol. The molecule has 1 saturated heterocycles. The van der Waals surface area contributed by atoms with E-state index in [9.17, 15) is 0 Å². The van der Waals surface area contributed by atoms with Crippen LogP contribution in [0.1, 0.15) is 20.3 Å². The zero-order valence-corrected chi connectivity index (χ0v) is 6.52. The van der Waals surface area contributed by atoms with Crippen LogP contribution in [0.4, 0.5) is 0 Å². The van der Waals surface area contributed by atoms with Crippen LogP contribution in [0.5, 0.6) is 0 Å². The van der Waals surface area contributed by atoms with Crippen LogP contribution in [-0.4, -0.2) is 18.5 Å². The minimum atomic E-state index is 0.718. The highest BCUT2D eigenvalue weighted by molar-refractivity contribution is 4.85. The van der Waals surface area contributed by atoms with Gasteiger partial charge < -0.3 is 0 Å². The fourth-order valence-corrected chi connectivity index (χ4v) is 1.23. The van der Waals surface area contributed by atoms with Crippen molar-refractivity contribution in [2.24, 2.45) is 11.8 Å². The largest absolute Gasteiger partial charge is 0.297 e. The average molecular weight is 125 g/mol. The summed E-state index contributed by atoms with van der Waals surface area (Å²) in [5, 5.41) is 0. The van der Waals surface area contributed by atoms with Gasteiger partial charge in [-0.25, -0.2) is 0 Å². The third-order valence-corrected chi connectivity index (χ3v) is 1.97. The Labute approximate surface area is 58.0 Å². The molecule has 1 heteroatoms. The summed E-state index contributed by atoms with van der Waals surface area (Å²) < 4.78 is 0. The Balaban J connectivity index is 2.30. The van der Waals surface area contributed by atoms with Crippen molar-refractivity contribution < 1.29 is 0 Å². The highest BCUT2D eigenvalue weighted by Crippen LogP contribution is 2.25. The van der Waals surface area contributed by atoms with Crippen LogP contribution in [0.2, 0.25) is 0 Å². The van der Waals surface area contributed by atoms with E-state index in [2.05, 4.69) is 32.3 Å². The summed E-state index contributed by atoms with van der Waals surface area (Å²) in [5.41, 5.74) is 0. The predicted octanol–water partition coefficient (Wildman–Crippen LogP) is 1.63. The summed E-state index contributed by atoms with van der Waals surface area (Å²) in [6.45, 7) is 9.11. The molecule has 9 heavy (non-hydrogen) atoms. The lowest BCUT2D eigenvalue weighted by atomic mass is 9.95. The minimum Gasteiger partial charge on any atom is -0.297 e. The second-order valence-electron chi connectivity index (χ2n) is 3.19. The number of hydrogen-bond donors (Lipinski definition) is 0. The van der Waals surface area contributed by atoms with Gasteiger partial charge in [0.1, 0.15) is 0 Å². The molecule has 0 N–H and O–H groups in total. The number of hydrogen-bond acceptors (Lipinski definition) is 1. The average Bonchev–Trinajstić information content (AvgIpc) is 2.14. The summed E-state index contributed by atoms with van der Waals surface area (Å²) in [6.07, 6.45) is 1.30. The van der Waals surface area contributed by atoms with Crippen molar-refractivity contribution in [2.75, 3.05) is 13.6 Å². The molecule has 1 aliphatic rings. The van der Waals surface area contributed by atoms with Gasteiger partial charge in [-0.2, -0.15) is 0 Å². The van der Waals surface area contributed by atoms with Crippen LogP contribution < -0.4 is 0 Å². The number of nitrogens with zero attached hydrogens (tertiary/aromatic N) is 1. The third-order valence-electron chi connectivity index (χ3n) is 1.97. The Hall–Kier alpha value is -0.0400. The van der Waals surface area contributed by atoms with Gasteiger partial charge in [-0.1, -0.05) is 13.8 Å². The molecule has 1 heterocycles. The van der Waals surface area contributed by atoms with Gasteiger partial charge >= 0.3 is 0 Å². The zero-order chi connectivity index (χ0) is 6.85. The molecule has 1 fully saturated rings. The molecule has 1 unspecified atom stereocenters. The lowest BCUT2D eigenvalue weighted by Crippen LogP contribution is -2.10. The zero-order valence-electron chi connectivity index (χ0n) is 6.52. The first-order valence-electron chi connectivity index (χ1n) is 3.67. The maximum atomic E-state index is 3.39. The highest BCUT2D eigenvalue weighted by Gasteiger charge is 2.22. The Morgan fingerprint density at radius 2 is 2.22 bits per heavy atom. The van der Waals surface area contributed by atoms with Gasteiger partial charge in [-0.3, -0.25) is 4.90 Å². The van der Waals surface area contributed by atoms with Gasteiger partial charge in [-0.05, 0) is 31.8 Å². The molecule has 0 aliphatic carbocycles. The lowest BCUT2D eigenvalue weighted by Gasteiger charge is -2.11. The fourth-order valence-electron chi connectivity index (χ4n) is 1.23. The van der Waals surface area contributed by atoms with E-state index < -0.39 is 0 Å². The van der Waals surface area contributed by atoms with Crippen molar-refractivity contribution in [2.45, 2.75) is 20.3 Å². The van der Waals surface area contributed by atoms with Crippen LogP contribution in [0.15, 0.2) is 0 Å². The maximum Gasteiger partial charge on any atom is 0.0650 e. The molecule has 0 amide bonds. The summed E-state index contributed by atoms with van der Waals surface area (Å²) in [7, 11) is 2.10. The van der Waals surface area contributed by atoms with Crippen LogP contribution >= 0.6 is 0 Å². The second kappa shape index (κ2) is 2.70. The standard InChI is InChI=1S/C8H15N/c1-7(2)8-4-5-9(3)6-8/h7-8H,4-5H2,1-3H3. The van der Waals surface area contributed by atoms with E-state index in [4.69, 9.17) is 0 Å². The normalized spacial score (nSPS) is 30.0. The van der Waals surface area contributed by atoms with Gasteiger partial charge in [0, 0.05) is 0 Å². The molecule has 0 aromatic rings. The fraction of sp³-hybridized carbons (Fsp3) is 0.875. The SMILES string of the molecule is CC(C)C1[C]N(C)CC1. The molecule has 1 aliphatic heterocycles. The third kappa shape index (κ3) is 1.68. The van der Waals surface area contributed by atoms with Crippen molar-refractivity contribution in [3.8, 4) is 0 Å². The Bertz CT molecular complexity index is 88.6. The molecule has 0 saturated carbocycles. The maximum absolute atomic E-state index is 3.39. The van der Waals surface area contributed by atoms with Crippen LogP contribution in [0.3, 0.4) is 0 Å². The lowest BCUT2D eigenvalue weighted by molar-refractivity contribution is 0.424. The van der Waals surface area contributed by atoms with E-state index in [0.29, 0.717) is 0 Å². The van der Waals surface area contributed by atoms with Crippen molar-refractivity contribution in [1.82, 2.24) is 4.90 Å². The quantitative estimate of drug-likeness (QED) is 0.515. The topological polar surface area (TPSA) is 3.24 Å². The Morgan fingerprint density at radius 1 is 1.56 bits per heavy atom. The van der Waals surface area contributed by atoms with Crippen LogP contribution in [0.25, 0.3) is 0 Å². The predicted molar refractivity (Wildman–Crippen MR) is 38.8 cm³/mol. The number of likely N-dealkylation sites (tertiary alicyclic amines) is 1. The van der Waals surface area contributed by atoms with E-state index in [1.165, 1.54) is 13.0 Å². The summed E-state index contributed by atoms with van der Waals surface area (Å²) in [4.78, 5) is 2.17. The molecule has 2 radical (unpaired) electrons. The van der Waals surface area contributed by atoms with Crippen LogP contribution in [0, 0.1) is 18.4 Å². The van der Waals surface area contributed by atoms with E-state index in [-0.39, 0.29) is 0 Å². The van der Waals surface area contributed by atoms with E-state index >= 15 is 0 Å². The van der Waals surface area contributed by atoms with Crippen molar-refractivity contribution in [1.29, 1.82) is 0 Å². The first-order chi connectivity index (χ1) is 4.20. The van der Waals surface area contributed by atoms with Gasteiger partial charge in [0.05, 0.1) is 6.54 Å². The van der Waals surface area contributed by atoms with E-state index in [0.717, 1.165) is 11.8 Å². The van der Waals surface area contributed by atoms with Crippen molar-refractivity contribution in [3.05, 3.63) is 6.54 Å². The van der Waals surface area contributed by atoms with Gasteiger partial charge in [0.15, 0.2) is 0 Å². The summed E-state index contributed by atoms with van der Waals surface area (Å²) in [5.74, 6) is 1.49. The first-order valence-corrected chi connectivity index (χ1v) is 3.67. The van der Waals surface area contributed by atoms with Gasteiger partial charge in [0.25, 0.3) is 0 Å². The van der Waals surface area contributed by atoms with Gasteiger partial charge in [-0.15, -0.1) is 0 Å². The summed E-state index contributed by atoms with van der Waals surface area (Å²) in [6, 6.07) is 0. The van der Waals surface area contributed by atoms with E-state index in [1.54, 1.807) is 0 Å². The molecule has 0 bridgehead atoms. The number of rotatable bonds is 1. The molecule has 0 aromatic carbocycles. The molecule has 52 valence electrons. The molecule has 1 rings (SSSR count). The molecule has 0 aromatic heterocycles. The molecule has 1 nitrogen and oxygen atoms in total. The smallest absolute Gasteiger partial charge is 0.0650 e. The van der Waals surface area contributed by atoms with Gasteiger partial charge in [0.2, 0.25) is 0 Å².